The van der Waals surface area contributed by atoms with Crippen LogP contribution in [0.15, 0.2) is 47.8 Å². The lowest BCUT2D eigenvalue weighted by molar-refractivity contribution is -0.144. The maximum Gasteiger partial charge on any atom is 0.242 e. The van der Waals surface area contributed by atoms with Gasteiger partial charge in [-0.3, -0.25) is 9.59 Å². The summed E-state index contributed by atoms with van der Waals surface area (Å²) < 4.78 is 0. The molecule has 0 bridgehead atoms. The van der Waals surface area contributed by atoms with E-state index in [-0.39, 0.29) is 24.3 Å². The van der Waals surface area contributed by atoms with Crippen molar-refractivity contribution in [3.8, 4) is 0 Å². The Morgan fingerprint density at radius 3 is 2.40 bits per heavy atom. The number of carbonyl (C=O) groups is 2. The van der Waals surface area contributed by atoms with Crippen molar-refractivity contribution in [1.29, 1.82) is 0 Å². The third kappa shape index (κ3) is 6.43. The van der Waals surface area contributed by atoms with Crippen molar-refractivity contribution in [2.24, 2.45) is 11.8 Å². The Morgan fingerprint density at radius 1 is 1.03 bits per heavy atom. The fourth-order valence-corrected chi connectivity index (χ4v) is 4.78. The predicted molar refractivity (Wildman–Crippen MR) is 123 cm³/mol. The molecule has 1 aliphatic carbocycles. The first kappa shape index (κ1) is 22.5. The minimum absolute atomic E-state index is 0.0295. The van der Waals surface area contributed by atoms with E-state index in [2.05, 4.69) is 32.0 Å². The first-order valence-electron chi connectivity index (χ1n) is 11.2. The van der Waals surface area contributed by atoms with Gasteiger partial charge in [0, 0.05) is 23.9 Å². The van der Waals surface area contributed by atoms with Gasteiger partial charge in [-0.25, -0.2) is 0 Å². The van der Waals surface area contributed by atoms with Crippen LogP contribution in [0.2, 0.25) is 0 Å². The summed E-state index contributed by atoms with van der Waals surface area (Å²) in [6, 6.07) is 14.2. The second kappa shape index (κ2) is 11.3. The van der Waals surface area contributed by atoms with Gasteiger partial charge in [-0.05, 0) is 35.8 Å². The Bertz CT molecular complexity index is 785. The van der Waals surface area contributed by atoms with Gasteiger partial charge in [0.05, 0.1) is 13.1 Å². The number of thiophene rings is 1. The summed E-state index contributed by atoms with van der Waals surface area (Å²) in [6.07, 6.45) is 5.19. The van der Waals surface area contributed by atoms with Crippen molar-refractivity contribution >= 4 is 23.2 Å². The van der Waals surface area contributed by atoms with Crippen molar-refractivity contribution in [3.63, 3.8) is 0 Å². The van der Waals surface area contributed by atoms with E-state index in [4.69, 9.17) is 0 Å². The molecule has 2 amide bonds. The van der Waals surface area contributed by atoms with Gasteiger partial charge < -0.3 is 9.80 Å². The minimum Gasteiger partial charge on any atom is -0.333 e. The highest BCUT2D eigenvalue weighted by Crippen LogP contribution is 2.27. The normalized spacial score (nSPS) is 15.1. The zero-order valence-electron chi connectivity index (χ0n) is 18.3. The van der Waals surface area contributed by atoms with Gasteiger partial charge in [0.15, 0.2) is 0 Å². The third-order valence-corrected chi connectivity index (χ3v) is 6.93. The molecule has 0 saturated heterocycles. The third-order valence-electron chi connectivity index (χ3n) is 6.07. The molecule has 1 aromatic heterocycles. The summed E-state index contributed by atoms with van der Waals surface area (Å²) in [6.45, 7) is 6.29. The maximum atomic E-state index is 13.4. The average Bonchev–Trinajstić information content (AvgIpc) is 3.47. The van der Waals surface area contributed by atoms with Crippen molar-refractivity contribution in [2.45, 2.75) is 59.0 Å². The molecule has 162 valence electrons. The van der Waals surface area contributed by atoms with E-state index in [0.29, 0.717) is 25.6 Å². The summed E-state index contributed by atoms with van der Waals surface area (Å²) in [4.78, 5) is 31.5. The second-order valence-corrected chi connectivity index (χ2v) is 9.56. The molecular formula is C25H34N2O2S. The molecule has 0 N–H and O–H groups in total. The minimum atomic E-state index is 0.0295. The van der Waals surface area contributed by atoms with Gasteiger partial charge in [-0.1, -0.05) is 69.5 Å². The van der Waals surface area contributed by atoms with Crippen molar-refractivity contribution in [2.75, 3.05) is 13.1 Å². The zero-order chi connectivity index (χ0) is 21.3. The van der Waals surface area contributed by atoms with Crippen LogP contribution >= 0.6 is 11.3 Å². The molecule has 0 aliphatic heterocycles. The largest absolute Gasteiger partial charge is 0.333 e. The highest BCUT2D eigenvalue weighted by molar-refractivity contribution is 7.09. The first-order chi connectivity index (χ1) is 14.6. The Hall–Kier alpha value is -2.14. The van der Waals surface area contributed by atoms with E-state index in [1.807, 2.05) is 39.4 Å². The van der Waals surface area contributed by atoms with Crippen LogP contribution in [0.1, 0.15) is 56.4 Å². The fourth-order valence-electron chi connectivity index (χ4n) is 4.06. The number of amides is 2. The maximum absolute atomic E-state index is 13.4. The van der Waals surface area contributed by atoms with E-state index in [9.17, 15) is 9.59 Å². The lowest BCUT2D eigenvalue weighted by Gasteiger charge is -2.30. The molecule has 1 atom stereocenters. The molecule has 1 aromatic carbocycles. The highest BCUT2D eigenvalue weighted by atomic mass is 32.1. The highest BCUT2D eigenvalue weighted by Gasteiger charge is 2.30. The number of carbonyl (C=O) groups excluding carboxylic acids is 2. The lowest BCUT2D eigenvalue weighted by atomic mass is 10.0. The number of hydrogen-bond acceptors (Lipinski definition) is 3. The van der Waals surface area contributed by atoms with Gasteiger partial charge in [-0.2, -0.15) is 0 Å². The standard InChI is InChI=1S/C25H34N2O2S/c1-3-20(2)16-27(25(29)22-12-7-8-13-22)19-24(28)26(18-23-14-9-15-30-23)17-21-10-5-4-6-11-21/h4-6,9-11,14-15,20,22H,3,7-8,12-13,16-19H2,1-2H3/t20-/m0/s1. The molecule has 1 saturated carbocycles. The molecule has 1 heterocycles. The average molecular weight is 427 g/mol. The number of rotatable bonds is 10. The van der Waals surface area contributed by atoms with E-state index in [0.717, 1.165) is 42.5 Å². The number of benzene rings is 1. The van der Waals surface area contributed by atoms with Crippen LogP contribution in [0, 0.1) is 11.8 Å². The van der Waals surface area contributed by atoms with E-state index < -0.39 is 0 Å². The van der Waals surface area contributed by atoms with E-state index in [1.54, 1.807) is 11.3 Å². The molecular weight excluding hydrogens is 392 g/mol. The lowest BCUT2D eigenvalue weighted by Crippen LogP contribution is -2.45. The van der Waals surface area contributed by atoms with Crippen LogP contribution in [-0.2, 0) is 22.7 Å². The zero-order valence-corrected chi connectivity index (χ0v) is 19.1. The van der Waals surface area contributed by atoms with Crippen molar-refractivity contribution in [1.82, 2.24) is 9.80 Å². The SMILES string of the molecule is CC[C@H](C)CN(CC(=O)N(Cc1ccccc1)Cc1cccs1)C(=O)C1CCCC1. The molecule has 1 fully saturated rings. The van der Waals surface area contributed by atoms with Gasteiger partial charge in [0.2, 0.25) is 11.8 Å². The molecule has 0 radical (unpaired) electrons. The summed E-state index contributed by atoms with van der Waals surface area (Å²) in [5.41, 5.74) is 1.11. The summed E-state index contributed by atoms with van der Waals surface area (Å²) in [7, 11) is 0. The Balaban J connectivity index is 1.74. The molecule has 1 aliphatic rings. The Kier molecular flexibility index (Phi) is 8.50. The van der Waals surface area contributed by atoms with Crippen LogP contribution in [0.25, 0.3) is 0 Å². The second-order valence-electron chi connectivity index (χ2n) is 8.53. The monoisotopic (exact) mass is 426 g/mol. The van der Waals surface area contributed by atoms with Gasteiger partial charge in [-0.15, -0.1) is 11.3 Å². The summed E-state index contributed by atoms with van der Waals surface area (Å²) >= 11 is 1.66. The van der Waals surface area contributed by atoms with Crippen LogP contribution in [0.3, 0.4) is 0 Å². The molecule has 0 unspecified atom stereocenters. The Morgan fingerprint density at radius 2 is 1.77 bits per heavy atom. The van der Waals surface area contributed by atoms with Crippen molar-refractivity contribution in [3.05, 3.63) is 58.3 Å². The van der Waals surface area contributed by atoms with Gasteiger partial charge >= 0.3 is 0 Å². The molecule has 2 aromatic rings. The smallest absolute Gasteiger partial charge is 0.242 e. The van der Waals surface area contributed by atoms with Crippen LogP contribution in [-0.4, -0.2) is 34.7 Å². The van der Waals surface area contributed by atoms with Gasteiger partial charge in [0.1, 0.15) is 0 Å². The van der Waals surface area contributed by atoms with E-state index in [1.165, 1.54) is 0 Å². The molecule has 4 nitrogen and oxygen atoms in total. The van der Waals surface area contributed by atoms with Crippen LogP contribution in [0.5, 0.6) is 0 Å². The topological polar surface area (TPSA) is 40.6 Å². The number of hydrogen-bond donors (Lipinski definition) is 0. The van der Waals surface area contributed by atoms with Gasteiger partial charge in [0.25, 0.3) is 0 Å². The van der Waals surface area contributed by atoms with Crippen LogP contribution < -0.4 is 0 Å². The predicted octanol–water partition coefficient (Wildman–Crippen LogP) is 5.34. The molecule has 30 heavy (non-hydrogen) atoms. The molecule has 0 spiro atoms. The fraction of sp³-hybridized carbons (Fsp3) is 0.520. The Labute approximate surface area is 184 Å². The quantitative estimate of drug-likeness (QED) is 0.514. The first-order valence-corrected chi connectivity index (χ1v) is 12.1. The van der Waals surface area contributed by atoms with E-state index >= 15 is 0 Å². The van der Waals surface area contributed by atoms with Crippen LogP contribution in [0.4, 0.5) is 0 Å². The summed E-state index contributed by atoms with van der Waals surface area (Å²) in [5, 5.41) is 2.04. The van der Waals surface area contributed by atoms with Crippen molar-refractivity contribution < 1.29 is 9.59 Å². The molecule has 3 rings (SSSR count). The number of nitrogens with zero attached hydrogens (tertiary/aromatic N) is 2. The summed E-state index contributed by atoms with van der Waals surface area (Å²) in [5.74, 6) is 0.698. The molecule has 5 heteroatoms.